The summed E-state index contributed by atoms with van der Waals surface area (Å²) in [6.07, 6.45) is -0.404. The molecular weight excluding hydrogens is 336 g/mol. The van der Waals surface area contributed by atoms with E-state index >= 15 is 0 Å². The van der Waals surface area contributed by atoms with E-state index in [2.05, 4.69) is 21.0 Å². The van der Waals surface area contributed by atoms with Gasteiger partial charge in [0, 0.05) is 22.2 Å². The average molecular weight is 355 g/mol. The van der Waals surface area contributed by atoms with Crippen molar-refractivity contribution in [2.45, 2.75) is 45.4 Å². The Labute approximate surface area is 132 Å². The topological polar surface area (TPSA) is 62.1 Å². The van der Waals surface area contributed by atoms with Crippen LogP contribution in [0.4, 0.5) is 4.79 Å². The molecule has 21 heavy (non-hydrogen) atoms. The number of hydrogen-bond acceptors (Lipinski definition) is 4. The number of hydrazone groups is 1. The molecule has 1 atom stereocenters. The first-order chi connectivity index (χ1) is 9.62. The largest absolute Gasteiger partial charge is 0.442 e. The van der Waals surface area contributed by atoms with Crippen molar-refractivity contribution in [3.63, 3.8) is 0 Å². The molecule has 1 aromatic carbocycles. The second-order valence-electron chi connectivity index (χ2n) is 6.13. The molecule has 1 aliphatic heterocycles. The summed E-state index contributed by atoms with van der Waals surface area (Å²) in [7, 11) is 0. The summed E-state index contributed by atoms with van der Waals surface area (Å²) < 4.78 is 6.22. The summed E-state index contributed by atoms with van der Waals surface area (Å²) in [5.74, 6) is 0. The fourth-order valence-corrected chi connectivity index (χ4v) is 2.42. The van der Waals surface area contributed by atoms with Gasteiger partial charge in [-0.1, -0.05) is 28.1 Å². The lowest BCUT2D eigenvalue weighted by Gasteiger charge is -2.32. The van der Waals surface area contributed by atoms with Crippen molar-refractivity contribution in [1.82, 2.24) is 5.01 Å². The van der Waals surface area contributed by atoms with E-state index in [0.717, 1.165) is 9.48 Å². The third-order valence-corrected chi connectivity index (χ3v) is 3.53. The summed E-state index contributed by atoms with van der Waals surface area (Å²) in [4.78, 5) is 12.3. The van der Waals surface area contributed by atoms with Gasteiger partial charge >= 0.3 is 6.09 Å². The van der Waals surface area contributed by atoms with Gasteiger partial charge in [0.2, 0.25) is 0 Å². The van der Waals surface area contributed by atoms with Crippen LogP contribution in [0.3, 0.4) is 0 Å². The van der Waals surface area contributed by atoms with Gasteiger partial charge in [-0.15, -0.1) is 0 Å². The van der Waals surface area contributed by atoms with Gasteiger partial charge in [0.1, 0.15) is 5.60 Å². The number of ether oxygens (including phenoxy) is 1. The monoisotopic (exact) mass is 354 g/mol. The van der Waals surface area contributed by atoms with Crippen molar-refractivity contribution in [1.29, 1.82) is 0 Å². The minimum atomic E-state index is -1.51. The molecule has 6 heteroatoms. The molecule has 0 spiro atoms. The van der Waals surface area contributed by atoms with Crippen molar-refractivity contribution < 1.29 is 14.6 Å². The Morgan fingerprint density at radius 1 is 1.38 bits per heavy atom. The minimum Gasteiger partial charge on any atom is -0.442 e. The highest BCUT2D eigenvalue weighted by Gasteiger charge is 2.46. The Hall–Kier alpha value is -1.40. The van der Waals surface area contributed by atoms with Crippen LogP contribution in [0.2, 0.25) is 0 Å². The number of aliphatic hydroxyl groups is 1. The molecule has 0 bridgehead atoms. The fourth-order valence-electron chi connectivity index (χ4n) is 2.16. The van der Waals surface area contributed by atoms with Crippen molar-refractivity contribution in [3.05, 3.63) is 34.3 Å². The second kappa shape index (κ2) is 5.42. The maximum absolute atomic E-state index is 12.3. The third kappa shape index (κ3) is 3.44. The quantitative estimate of drug-likeness (QED) is 0.837. The second-order valence-corrected chi connectivity index (χ2v) is 7.04. The maximum Gasteiger partial charge on any atom is 0.433 e. The number of amides is 1. The van der Waals surface area contributed by atoms with Gasteiger partial charge in [0.05, 0.1) is 0 Å². The molecule has 0 unspecified atom stereocenters. The van der Waals surface area contributed by atoms with Crippen LogP contribution in [-0.2, 0) is 10.5 Å². The van der Waals surface area contributed by atoms with Crippen LogP contribution in [0.5, 0.6) is 0 Å². The van der Waals surface area contributed by atoms with Crippen molar-refractivity contribution >= 4 is 27.7 Å². The molecule has 0 aromatic heterocycles. The first kappa shape index (κ1) is 16.0. The van der Waals surface area contributed by atoms with E-state index in [1.165, 1.54) is 0 Å². The van der Waals surface area contributed by atoms with Crippen LogP contribution in [0.1, 0.15) is 39.7 Å². The van der Waals surface area contributed by atoms with Crippen LogP contribution < -0.4 is 0 Å². The highest BCUT2D eigenvalue weighted by atomic mass is 79.9. The van der Waals surface area contributed by atoms with E-state index in [1.807, 2.05) is 12.1 Å². The molecular formula is C15H19BrN2O3. The Morgan fingerprint density at radius 3 is 2.48 bits per heavy atom. The molecule has 0 saturated heterocycles. The normalized spacial score (nSPS) is 22.2. The van der Waals surface area contributed by atoms with Crippen molar-refractivity contribution in [2.24, 2.45) is 5.10 Å². The molecule has 1 heterocycles. The van der Waals surface area contributed by atoms with E-state index in [4.69, 9.17) is 4.74 Å². The zero-order valence-corrected chi connectivity index (χ0v) is 14.1. The molecule has 1 N–H and O–H groups in total. The van der Waals surface area contributed by atoms with Crippen LogP contribution in [0.25, 0.3) is 0 Å². The number of carbonyl (C=O) groups is 1. The van der Waals surface area contributed by atoms with Gasteiger partial charge in [0.15, 0.2) is 5.72 Å². The molecule has 5 nitrogen and oxygen atoms in total. The summed E-state index contributed by atoms with van der Waals surface area (Å²) in [5, 5.41) is 16.1. The molecule has 0 saturated carbocycles. The predicted molar refractivity (Wildman–Crippen MR) is 83.8 cm³/mol. The Bertz CT molecular complexity index is 578. The van der Waals surface area contributed by atoms with Crippen molar-refractivity contribution in [3.8, 4) is 0 Å². The van der Waals surface area contributed by atoms with E-state index in [1.54, 1.807) is 39.8 Å². The number of rotatable bonds is 1. The smallest absolute Gasteiger partial charge is 0.433 e. The lowest BCUT2D eigenvalue weighted by atomic mass is 9.98. The lowest BCUT2D eigenvalue weighted by Crippen LogP contribution is -2.45. The van der Waals surface area contributed by atoms with Crippen LogP contribution in [0, 0.1) is 0 Å². The maximum atomic E-state index is 12.3. The summed E-state index contributed by atoms with van der Waals surface area (Å²) in [6, 6.07) is 7.15. The number of benzene rings is 1. The van der Waals surface area contributed by atoms with Crippen LogP contribution in [-0.4, -0.2) is 27.5 Å². The lowest BCUT2D eigenvalue weighted by molar-refractivity contribution is -0.0975. The van der Waals surface area contributed by atoms with Gasteiger partial charge in [0.25, 0.3) is 0 Å². The van der Waals surface area contributed by atoms with E-state index in [-0.39, 0.29) is 6.42 Å². The summed E-state index contributed by atoms with van der Waals surface area (Å²) >= 11 is 3.35. The minimum absolute atomic E-state index is 0.258. The predicted octanol–water partition coefficient (Wildman–Crippen LogP) is 3.61. The van der Waals surface area contributed by atoms with E-state index in [0.29, 0.717) is 11.3 Å². The number of halogens is 1. The third-order valence-electron chi connectivity index (χ3n) is 3.00. The SMILES string of the molecule is CC1=NN(C(=O)OC(C)(C)C)[C@](O)(c2ccc(Br)cc2)C1. The first-order valence-corrected chi connectivity index (χ1v) is 7.47. The van der Waals surface area contributed by atoms with Gasteiger partial charge < -0.3 is 9.84 Å². The average Bonchev–Trinajstić information content (AvgIpc) is 2.64. The standard InChI is InChI=1S/C15H19BrN2O3/c1-10-9-15(20,11-5-7-12(16)8-6-11)18(17-10)13(19)21-14(2,3)4/h5-8,20H,9H2,1-4H3/t15-/m1/s1. The summed E-state index contributed by atoms with van der Waals surface area (Å²) in [6.45, 7) is 7.09. The number of carbonyl (C=O) groups excluding carboxylic acids is 1. The molecule has 0 fully saturated rings. The molecule has 1 aromatic rings. The van der Waals surface area contributed by atoms with Gasteiger partial charge in [-0.2, -0.15) is 10.1 Å². The molecule has 2 rings (SSSR count). The van der Waals surface area contributed by atoms with Gasteiger partial charge in [-0.25, -0.2) is 4.79 Å². The van der Waals surface area contributed by atoms with E-state index < -0.39 is 17.4 Å². The van der Waals surface area contributed by atoms with Crippen molar-refractivity contribution in [2.75, 3.05) is 0 Å². The first-order valence-electron chi connectivity index (χ1n) is 6.67. The zero-order chi connectivity index (χ0) is 15.8. The summed E-state index contributed by atoms with van der Waals surface area (Å²) in [5.41, 5.74) is -0.889. The van der Waals surface area contributed by atoms with E-state index in [9.17, 15) is 9.90 Å². The Morgan fingerprint density at radius 2 is 1.95 bits per heavy atom. The molecule has 0 radical (unpaired) electrons. The van der Waals surface area contributed by atoms with Crippen LogP contribution in [0.15, 0.2) is 33.8 Å². The molecule has 0 aliphatic carbocycles. The zero-order valence-electron chi connectivity index (χ0n) is 12.6. The van der Waals surface area contributed by atoms with Gasteiger partial charge in [-0.3, -0.25) is 0 Å². The molecule has 1 amide bonds. The number of nitrogens with zero attached hydrogens (tertiary/aromatic N) is 2. The highest BCUT2D eigenvalue weighted by Crippen LogP contribution is 2.36. The van der Waals surface area contributed by atoms with Crippen LogP contribution >= 0.6 is 15.9 Å². The Kier molecular flexibility index (Phi) is 4.13. The highest BCUT2D eigenvalue weighted by molar-refractivity contribution is 9.10. The molecule has 1 aliphatic rings. The Balaban J connectivity index is 2.33. The molecule has 114 valence electrons. The fraction of sp³-hybridized carbons (Fsp3) is 0.467. The number of hydrogen-bond donors (Lipinski definition) is 1. The van der Waals surface area contributed by atoms with Gasteiger partial charge in [-0.05, 0) is 39.8 Å².